The molecule has 2 amide bonds. The third-order valence-corrected chi connectivity index (χ3v) is 3.33. The third kappa shape index (κ3) is 12.8. The molecule has 172 valence electrons. The number of carbonyl (C=O) groups excluding carboxylic acids is 4. The fourth-order valence-corrected chi connectivity index (χ4v) is 2.33. The van der Waals surface area contributed by atoms with Crippen LogP contribution in [0.3, 0.4) is 0 Å². The predicted octanol–water partition coefficient (Wildman–Crippen LogP) is 2.58. The predicted molar refractivity (Wildman–Crippen MR) is 112 cm³/mol. The molecule has 0 aromatic carbocycles. The number of hydrogen-bond donors (Lipinski definition) is 1. The van der Waals surface area contributed by atoms with E-state index in [1.807, 2.05) is 0 Å². The van der Waals surface area contributed by atoms with Crippen LogP contribution in [0.1, 0.15) is 61.3 Å². The maximum atomic E-state index is 13.1. The highest BCUT2D eigenvalue weighted by atomic mass is 16.6. The van der Waals surface area contributed by atoms with Gasteiger partial charge in [0, 0.05) is 13.1 Å². The van der Waals surface area contributed by atoms with Crippen molar-refractivity contribution in [2.45, 2.75) is 78.6 Å². The summed E-state index contributed by atoms with van der Waals surface area (Å²) in [6, 6.07) is -1.23. The van der Waals surface area contributed by atoms with E-state index in [4.69, 9.17) is 14.2 Å². The number of carbonyl (C=O) groups is 4. The van der Waals surface area contributed by atoms with Crippen LogP contribution in [0, 0.1) is 0 Å². The Kier molecular flexibility index (Phi) is 11.1. The van der Waals surface area contributed by atoms with Crippen molar-refractivity contribution in [1.82, 2.24) is 10.2 Å². The van der Waals surface area contributed by atoms with E-state index in [1.54, 1.807) is 48.5 Å². The highest BCUT2D eigenvalue weighted by Gasteiger charge is 2.31. The first kappa shape index (κ1) is 27.4. The van der Waals surface area contributed by atoms with Gasteiger partial charge in [-0.2, -0.15) is 0 Å². The van der Waals surface area contributed by atoms with E-state index in [2.05, 4.69) is 11.9 Å². The van der Waals surface area contributed by atoms with Crippen LogP contribution in [-0.2, 0) is 28.6 Å². The van der Waals surface area contributed by atoms with Crippen LogP contribution < -0.4 is 5.32 Å². The zero-order valence-corrected chi connectivity index (χ0v) is 19.2. The van der Waals surface area contributed by atoms with Crippen molar-refractivity contribution in [3.8, 4) is 0 Å². The summed E-state index contributed by atoms with van der Waals surface area (Å²) in [5.74, 6) is -1.67. The molecule has 0 radical (unpaired) electrons. The molecule has 0 heterocycles. The number of hydrogen-bond acceptors (Lipinski definition) is 7. The van der Waals surface area contributed by atoms with Gasteiger partial charge in [0.25, 0.3) is 0 Å². The molecule has 0 rings (SSSR count). The maximum Gasteiger partial charge on any atom is 0.408 e. The molecule has 9 heteroatoms. The van der Waals surface area contributed by atoms with Gasteiger partial charge in [-0.3, -0.25) is 14.4 Å². The Morgan fingerprint density at radius 2 is 1.57 bits per heavy atom. The smallest absolute Gasteiger partial charge is 0.408 e. The lowest BCUT2D eigenvalue weighted by molar-refractivity contribution is -0.157. The van der Waals surface area contributed by atoms with Crippen molar-refractivity contribution in [1.29, 1.82) is 0 Å². The first-order chi connectivity index (χ1) is 13.7. The van der Waals surface area contributed by atoms with Gasteiger partial charge in [-0.1, -0.05) is 6.08 Å². The second-order valence-corrected chi connectivity index (χ2v) is 8.62. The van der Waals surface area contributed by atoms with Crippen LogP contribution >= 0.6 is 0 Å². The van der Waals surface area contributed by atoms with E-state index >= 15 is 0 Å². The topological polar surface area (TPSA) is 111 Å². The molecule has 0 fully saturated rings. The first-order valence-electron chi connectivity index (χ1n) is 9.95. The monoisotopic (exact) mass is 428 g/mol. The van der Waals surface area contributed by atoms with E-state index in [0.717, 1.165) is 0 Å². The minimum atomic E-state index is -1.23. The van der Waals surface area contributed by atoms with Crippen molar-refractivity contribution >= 4 is 23.9 Å². The summed E-state index contributed by atoms with van der Waals surface area (Å²) in [4.78, 5) is 50.5. The Labute approximate surface area is 179 Å². The molecule has 0 aromatic rings. The number of alkyl carbamates (subject to hydrolysis) is 1. The molecule has 0 aliphatic carbocycles. The fraction of sp³-hybridized carbons (Fsp3) is 0.714. The van der Waals surface area contributed by atoms with Crippen molar-refractivity contribution < 1.29 is 33.4 Å². The zero-order valence-electron chi connectivity index (χ0n) is 19.2. The number of rotatable bonds is 10. The van der Waals surface area contributed by atoms with Gasteiger partial charge in [0.15, 0.2) is 0 Å². The Balaban J connectivity index is 5.44. The Bertz CT molecular complexity index is 588. The first-order valence-corrected chi connectivity index (χ1v) is 9.95. The molecule has 0 spiro atoms. The number of ether oxygens (including phenoxy) is 3. The van der Waals surface area contributed by atoms with Gasteiger partial charge in [0.2, 0.25) is 5.91 Å². The Morgan fingerprint density at radius 3 is 2.03 bits per heavy atom. The molecule has 0 aromatic heterocycles. The summed E-state index contributed by atoms with van der Waals surface area (Å²) in [6.07, 6.45) is 0.232. The fourth-order valence-electron chi connectivity index (χ4n) is 2.33. The van der Waals surface area contributed by atoms with Crippen LogP contribution in [0.15, 0.2) is 12.7 Å². The SMILES string of the molecule is C=CCN(CCC(=O)OCC)C(=O)[C@H](CC(=O)OC(C)(C)C)NC(=O)OC(C)(C)C. The highest BCUT2D eigenvalue weighted by Crippen LogP contribution is 2.12. The second kappa shape index (κ2) is 12.2. The largest absolute Gasteiger partial charge is 0.466 e. The number of nitrogens with zero attached hydrogens (tertiary/aromatic N) is 1. The molecule has 0 saturated heterocycles. The van der Waals surface area contributed by atoms with Gasteiger partial charge >= 0.3 is 18.0 Å². The van der Waals surface area contributed by atoms with E-state index in [1.165, 1.54) is 11.0 Å². The van der Waals surface area contributed by atoms with Gasteiger partial charge in [-0.05, 0) is 48.5 Å². The molecule has 0 aliphatic rings. The summed E-state index contributed by atoms with van der Waals surface area (Å²) in [5, 5.41) is 2.44. The van der Waals surface area contributed by atoms with Gasteiger partial charge in [-0.25, -0.2) is 4.79 Å². The quantitative estimate of drug-likeness (QED) is 0.323. The van der Waals surface area contributed by atoms with Gasteiger partial charge in [0.1, 0.15) is 17.2 Å². The number of esters is 2. The van der Waals surface area contributed by atoms with Crippen LogP contribution in [0.4, 0.5) is 4.79 Å². The van der Waals surface area contributed by atoms with E-state index in [0.29, 0.717) is 0 Å². The van der Waals surface area contributed by atoms with E-state index in [9.17, 15) is 19.2 Å². The van der Waals surface area contributed by atoms with Crippen molar-refractivity contribution in [3.63, 3.8) is 0 Å². The van der Waals surface area contributed by atoms with Gasteiger partial charge in [0.05, 0.1) is 19.4 Å². The van der Waals surface area contributed by atoms with Crippen LogP contribution in [0.2, 0.25) is 0 Å². The average molecular weight is 429 g/mol. The normalized spacial score (nSPS) is 12.4. The van der Waals surface area contributed by atoms with E-state index in [-0.39, 0.29) is 32.5 Å². The van der Waals surface area contributed by atoms with E-state index < -0.39 is 41.2 Å². The molecule has 1 atom stereocenters. The Morgan fingerprint density at radius 1 is 1.00 bits per heavy atom. The van der Waals surface area contributed by atoms with Crippen molar-refractivity contribution in [3.05, 3.63) is 12.7 Å². The molecule has 1 N–H and O–H groups in total. The standard InChI is InChI=1S/C21H36N2O7/c1-9-12-23(13-11-16(24)28-10-2)18(26)15(14-17(25)29-20(3,4)5)22-19(27)30-21(6,7)8/h9,15H,1,10-14H2,2-8H3,(H,22,27)/t15-/m0/s1. The summed E-state index contributed by atoms with van der Waals surface area (Å²) in [6.45, 7) is 15.8. The summed E-state index contributed by atoms with van der Waals surface area (Å²) in [5.41, 5.74) is -1.53. The van der Waals surface area contributed by atoms with Gasteiger partial charge in [-0.15, -0.1) is 6.58 Å². The molecule has 0 saturated carbocycles. The average Bonchev–Trinajstić information content (AvgIpc) is 2.54. The highest BCUT2D eigenvalue weighted by molar-refractivity contribution is 5.90. The number of amides is 2. The van der Waals surface area contributed by atoms with Gasteiger partial charge < -0.3 is 24.4 Å². The van der Waals surface area contributed by atoms with Crippen molar-refractivity contribution in [2.75, 3.05) is 19.7 Å². The lowest BCUT2D eigenvalue weighted by Gasteiger charge is -2.28. The zero-order chi connectivity index (χ0) is 23.5. The Hall–Kier alpha value is -2.58. The molecule has 30 heavy (non-hydrogen) atoms. The summed E-state index contributed by atoms with van der Waals surface area (Å²) >= 11 is 0. The van der Waals surface area contributed by atoms with Crippen LogP contribution in [0.25, 0.3) is 0 Å². The molecule has 0 aliphatic heterocycles. The molecule has 9 nitrogen and oxygen atoms in total. The lowest BCUT2D eigenvalue weighted by atomic mass is 10.1. The third-order valence-electron chi connectivity index (χ3n) is 3.33. The summed E-state index contributed by atoms with van der Waals surface area (Å²) < 4.78 is 15.4. The lowest BCUT2D eigenvalue weighted by Crippen LogP contribution is -2.51. The van der Waals surface area contributed by atoms with Crippen LogP contribution in [-0.4, -0.2) is 65.8 Å². The van der Waals surface area contributed by atoms with Crippen molar-refractivity contribution in [2.24, 2.45) is 0 Å². The maximum absolute atomic E-state index is 13.1. The minimum absolute atomic E-state index is 0.0288. The molecular formula is C21H36N2O7. The van der Waals surface area contributed by atoms with Crippen LogP contribution in [0.5, 0.6) is 0 Å². The second-order valence-electron chi connectivity index (χ2n) is 8.62. The molecular weight excluding hydrogens is 392 g/mol. The summed E-state index contributed by atoms with van der Waals surface area (Å²) in [7, 11) is 0. The molecule has 0 unspecified atom stereocenters. The number of nitrogens with one attached hydrogen (secondary N) is 1. The minimum Gasteiger partial charge on any atom is -0.466 e. The molecule has 0 bridgehead atoms.